The van der Waals surface area contributed by atoms with Crippen LogP contribution in [0, 0.1) is 11.8 Å². The number of nitrogens with zero attached hydrogens (tertiary/aromatic N) is 1. The van der Waals surface area contributed by atoms with E-state index in [9.17, 15) is 0 Å². The molecule has 0 aromatic rings. The maximum absolute atomic E-state index is 5.69. The van der Waals surface area contributed by atoms with Gasteiger partial charge in [0.1, 0.15) is 0 Å². The molecule has 2 unspecified atom stereocenters. The van der Waals surface area contributed by atoms with E-state index in [0.717, 1.165) is 24.9 Å². The van der Waals surface area contributed by atoms with Crippen molar-refractivity contribution in [1.82, 2.24) is 4.90 Å². The molecule has 0 aromatic heterocycles. The van der Waals surface area contributed by atoms with Crippen molar-refractivity contribution in [2.75, 3.05) is 26.2 Å². The van der Waals surface area contributed by atoms with E-state index in [0.29, 0.717) is 0 Å². The van der Waals surface area contributed by atoms with Crippen molar-refractivity contribution in [3.05, 3.63) is 0 Å². The predicted molar refractivity (Wildman–Crippen MR) is 73.6 cm³/mol. The van der Waals surface area contributed by atoms with Gasteiger partial charge in [-0.2, -0.15) is 0 Å². The van der Waals surface area contributed by atoms with Gasteiger partial charge < -0.3 is 10.6 Å². The molecule has 0 rings (SSSR count). The van der Waals surface area contributed by atoms with Gasteiger partial charge in [-0.1, -0.05) is 40.5 Å². The van der Waals surface area contributed by atoms with Crippen molar-refractivity contribution < 1.29 is 0 Å². The molecule has 16 heavy (non-hydrogen) atoms. The molecule has 0 aliphatic carbocycles. The summed E-state index contributed by atoms with van der Waals surface area (Å²) in [7, 11) is 0. The Hall–Kier alpha value is -0.0800. The first kappa shape index (κ1) is 15.9. The fraction of sp³-hybridized carbons (Fsp3) is 1.00. The summed E-state index contributed by atoms with van der Waals surface area (Å²) in [5.74, 6) is 1.62. The Balaban J connectivity index is 3.94. The summed E-state index contributed by atoms with van der Waals surface area (Å²) in [5, 5.41) is 0. The van der Waals surface area contributed by atoms with Crippen molar-refractivity contribution in [3.63, 3.8) is 0 Å². The van der Waals surface area contributed by atoms with Crippen LogP contribution in [0.2, 0.25) is 0 Å². The lowest BCUT2D eigenvalue weighted by Gasteiger charge is -2.27. The molecular weight excluding hydrogens is 196 g/mol. The zero-order valence-corrected chi connectivity index (χ0v) is 11.8. The maximum atomic E-state index is 5.69. The summed E-state index contributed by atoms with van der Waals surface area (Å²) in [6.07, 6.45) is 5.26. The standard InChI is InChI=1S/C14H32N2/c1-5-7-13(3)11-16(10-9-15)12-14(4)8-6-2/h13-14H,5-12,15H2,1-4H3. The molecule has 2 N–H and O–H groups in total. The molecule has 0 fully saturated rings. The van der Waals surface area contributed by atoms with Gasteiger partial charge in [0.15, 0.2) is 0 Å². The van der Waals surface area contributed by atoms with Crippen LogP contribution >= 0.6 is 0 Å². The molecule has 0 heterocycles. The Morgan fingerprint density at radius 2 is 1.38 bits per heavy atom. The number of nitrogens with two attached hydrogens (primary N) is 1. The molecule has 0 spiro atoms. The van der Waals surface area contributed by atoms with Crippen LogP contribution in [-0.4, -0.2) is 31.1 Å². The summed E-state index contributed by atoms with van der Waals surface area (Å²) in [5.41, 5.74) is 5.69. The second-order valence-electron chi connectivity index (χ2n) is 5.34. The van der Waals surface area contributed by atoms with Crippen LogP contribution in [0.25, 0.3) is 0 Å². The third-order valence-corrected chi connectivity index (χ3v) is 3.15. The monoisotopic (exact) mass is 228 g/mol. The lowest BCUT2D eigenvalue weighted by atomic mass is 10.0. The smallest absolute Gasteiger partial charge is 0.0105 e. The minimum atomic E-state index is 0.789. The van der Waals surface area contributed by atoms with Gasteiger partial charge in [-0.15, -0.1) is 0 Å². The van der Waals surface area contributed by atoms with E-state index in [1.54, 1.807) is 0 Å². The third kappa shape index (κ3) is 8.12. The van der Waals surface area contributed by atoms with Crippen molar-refractivity contribution in [1.29, 1.82) is 0 Å². The normalized spacial score (nSPS) is 15.4. The largest absolute Gasteiger partial charge is 0.329 e. The van der Waals surface area contributed by atoms with Gasteiger partial charge >= 0.3 is 0 Å². The van der Waals surface area contributed by atoms with Crippen molar-refractivity contribution in [3.8, 4) is 0 Å². The van der Waals surface area contributed by atoms with Gasteiger partial charge in [-0.05, 0) is 24.7 Å². The molecular formula is C14H32N2. The summed E-state index contributed by atoms with van der Waals surface area (Å²) in [4.78, 5) is 2.56. The van der Waals surface area contributed by atoms with Gasteiger partial charge in [0.25, 0.3) is 0 Å². The van der Waals surface area contributed by atoms with Gasteiger partial charge in [-0.3, -0.25) is 0 Å². The summed E-state index contributed by atoms with van der Waals surface area (Å²) >= 11 is 0. The van der Waals surface area contributed by atoms with Gasteiger partial charge in [0.2, 0.25) is 0 Å². The average molecular weight is 228 g/mol. The fourth-order valence-corrected chi connectivity index (χ4v) is 2.49. The van der Waals surface area contributed by atoms with E-state index in [1.807, 2.05) is 0 Å². The second kappa shape index (κ2) is 10.1. The zero-order valence-electron chi connectivity index (χ0n) is 11.8. The highest BCUT2D eigenvalue weighted by atomic mass is 15.1. The van der Waals surface area contributed by atoms with E-state index < -0.39 is 0 Å². The SMILES string of the molecule is CCCC(C)CN(CCN)CC(C)CCC. The summed E-state index contributed by atoms with van der Waals surface area (Å²) in [6, 6.07) is 0. The molecule has 0 aliphatic heterocycles. The number of rotatable bonds is 10. The van der Waals surface area contributed by atoms with Crippen LogP contribution in [0.5, 0.6) is 0 Å². The Morgan fingerprint density at radius 1 is 0.938 bits per heavy atom. The lowest BCUT2D eigenvalue weighted by molar-refractivity contribution is 0.204. The van der Waals surface area contributed by atoms with Crippen LogP contribution in [0.3, 0.4) is 0 Å². The number of hydrogen-bond donors (Lipinski definition) is 1. The highest BCUT2D eigenvalue weighted by Crippen LogP contribution is 2.11. The molecule has 0 aliphatic rings. The van der Waals surface area contributed by atoms with Crippen molar-refractivity contribution in [2.45, 2.75) is 53.4 Å². The van der Waals surface area contributed by atoms with E-state index in [-0.39, 0.29) is 0 Å². The Bertz CT molecular complexity index is 134. The highest BCUT2D eigenvalue weighted by molar-refractivity contribution is 4.66. The van der Waals surface area contributed by atoms with Gasteiger partial charge in [0.05, 0.1) is 0 Å². The number of hydrogen-bond acceptors (Lipinski definition) is 2. The average Bonchev–Trinajstić information content (AvgIpc) is 2.18. The van der Waals surface area contributed by atoms with Crippen LogP contribution in [-0.2, 0) is 0 Å². The van der Waals surface area contributed by atoms with E-state index >= 15 is 0 Å². The van der Waals surface area contributed by atoms with Crippen LogP contribution < -0.4 is 5.73 Å². The van der Waals surface area contributed by atoms with Crippen LogP contribution in [0.4, 0.5) is 0 Å². The molecule has 0 bridgehead atoms. The van der Waals surface area contributed by atoms with Crippen molar-refractivity contribution >= 4 is 0 Å². The first-order valence-corrected chi connectivity index (χ1v) is 7.06. The molecule has 0 saturated carbocycles. The first-order valence-electron chi connectivity index (χ1n) is 7.06. The quantitative estimate of drug-likeness (QED) is 0.622. The predicted octanol–water partition coefficient (Wildman–Crippen LogP) is 3.12. The van der Waals surface area contributed by atoms with E-state index in [4.69, 9.17) is 5.73 Å². The molecule has 2 nitrogen and oxygen atoms in total. The summed E-state index contributed by atoms with van der Waals surface area (Å²) in [6.45, 7) is 13.5. The molecule has 98 valence electrons. The van der Waals surface area contributed by atoms with Crippen LogP contribution in [0.15, 0.2) is 0 Å². The van der Waals surface area contributed by atoms with E-state index in [2.05, 4.69) is 32.6 Å². The molecule has 2 heteroatoms. The van der Waals surface area contributed by atoms with Gasteiger partial charge in [0, 0.05) is 26.2 Å². The molecule has 0 saturated heterocycles. The maximum Gasteiger partial charge on any atom is 0.0105 e. The Kier molecular flexibility index (Phi) is 10.0. The second-order valence-corrected chi connectivity index (χ2v) is 5.34. The molecule has 0 radical (unpaired) electrons. The zero-order chi connectivity index (χ0) is 12.4. The minimum absolute atomic E-state index is 0.789. The third-order valence-electron chi connectivity index (χ3n) is 3.15. The Labute approximate surface area is 103 Å². The first-order chi connectivity index (χ1) is 7.63. The van der Waals surface area contributed by atoms with Gasteiger partial charge in [-0.25, -0.2) is 0 Å². The summed E-state index contributed by atoms with van der Waals surface area (Å²) < 4.78 is 0. The topological polar surface area (TPSA) is 29.3 Å². The Morgan fingerprint density at radius 3 is 1.69 bits per heavy atom. The van der Waals surface area contributed by atoms with Crippen LogP contribution in [0.1, 0.15) is 53.4 Å². The lowest BCUT2D eigenvalue weighted by Crippen LogP contribution is -2.36. The minimum Gasteiger partial charge on any atom is -0.329 e. The van der Waals surface area contributed by atoms with Crippen molar-refractivity contribution in [2.24, 2.45) is 17.6 Å². The molecule has 0 amide bonds. The fourth-order valence-electron chi connectivity index (χ4n) is 2.49. The highest BCUT2D eigenvalue weighted by Gasteiger charge is 2.12. The molecule has 0 aromatic carbocycles. The van der Waals surface area contributed by atoms with E-state index in [1.165, 1.54) is 38.8 Å². The molecule has 2 atom stereocenters.